The number of nitriles is 1. The fraction of sp³-hybridized carbons (Fsp3) is 0.214. The van der Waals surface area contributed by atoms with E-state index in [0.717, 1.165) is 29.0 Å². The van der Waals surface area contributed by atoms with E-state index in [4.69, 9.17) is 16.3 Å². The monoisotopic (exact) mass is 534 g/mol. The summed E-state index contributed by atoms with van der Waals surface area (Å²) in [5, 5.41) is 15.1. The first kappa shape index (κ1) is 25.5. The van der Waals surface area contributed by atoms with Crippen LogP contribution in [0.2, 0.25) is 5.02 Å². The number of carbonyl (C=O) groups excluding carboxylic acids is 2. The molecule has 1 fully saturated rings. The minimum Gasteiger partial charge on any atom is -0.346 e. The summed E-state index contributed by atoms with van der Waals surface area (Å²) in [6.45, 7) is -1.55. The van der Waals surface area contributed by atoms with Gasteiger partial charge < -0.3 is 10.1 Å². The van der Waals surface area contributed by atoms with Crippen LogP contribution in [0.15, 0.2) is 66.9 Å². The fourth-order valence-corrected chi connectivity index (χ4v) is 4.93. The van der Waals surface area contributed by atoms with Crippen LogP contribution in [0.3, 0.4) is 0 Å². The fourth-order valence-electron chi connectivity index (χ4n) is 4.74. The maximum atomic E-state index is 14.0. The lowest BCUT2D eigenvalue weighted by atomic mass is 9.98. The summed E-state index contributed by atoms with van der Waals surface area (Å²) >= 11 is 6.09. The second kappa shape index (κ2) is 9.63. The molecule has 1 N–H and O–H groups in total. The molecule has 0 unspecified atom stereocenters. The van der Waals surface area contributed by atoms with Gasteiger partial charge in [0.1, 0.15) is 6.07 Å². The molecule has 1 aliphatic rings. The number of hydrogen-bond acceptors (Lipinski definition) is 5. The molecule has 0 radical (unpaired) electrons. The van der Waals surface area contributed by atoms with Gasteiger partial charge in [0, 0.05) is 23.7 Å². The number of aromatic nitrogens is 1. The van der Waals surface area contributed by atoms with Gasteiger partial charge in [0.2, 0.25) is 11.6 Å². The van der Waals surface area contributed by atoms with E-state index in [1.165, 1.54) is 12.3 Å². The van der Waals surface area contributed by atoms with E-state index in [-0.39, 0.29) is 5.56 Å². The molecule has 38 heavy (non-hydrogen) atoms. The summed E-state index contributed by atoms with van der Waals surface area (Å²) in [5.74, 6) is -4.71. The molecule has 4 aromatic rings. The summed E-state index contributed by atoms with van der Waals surface area (Å²) < 4.78 is 33.0. The van der Waals surface area contributed by atoms with Crippen molar-refractivity contribution in [2.24, 2.45) is 0 Å². The highest BCUT2D eigenvalue weighted by Gasteiger charge is 2.58. The molecule has 192 valence electrons. The van der Waals surface area contributed by atoms with Gasteiger partial charge in [-0.3, -0.25) is 19.5 Å². The number of likely N-dealkylation sites (tertiary alicyclic amines) is 1. The Bertz CT molecular complexity index is 1640. The lowest BCUT2D eigenvalue weighted by Gasteiger charge is -2.29. The Balaban J connectivity index is 1.40. The second-order valence-electron chi connectivity index (χ2n) is 9.09. The Hall–Kier alpha value is -4.13. The number of pyridine rings is 1. The number of benzene rings is 3. The third kappa shape index (κ3) is 4.64. The van der Waals surface area contributed by atoms with E-state index in [9.17, 15) is 23.6 Å². The Labute approximate surface area is 221 Å². The van der Waals surface area contributed by atoms with Crippen LogP contribution in [0.4, 0.5) is 8.78 Å². The van der Waals surface area contributed by atoms with Gasteiger partial charge in [0.05, 0.1) is 30.6 Å². The zero-order valence-corrected chi connectivity index (χ0v) is 20.9. The highest BCUT2D eigenvalue weighted by molar-refractivity contribution is 6.31. The minimum atomic E-state index is -3.28. The van der Waals surface area contributed by atoms with E-state index in [1.54, 1.807) is 12.1 Å². The average Bonchev–Trinajstić information content (AvgIpc) is 3.21. The summed E-state index contributed by atoms with van der Waals surface area (Å²) in [4.78, 5) is 30.9. The standard InChI is InChI=1S/C28H21ClF2N4O3/c1-38-28(15-32)14-27(30,31)16-35(28)25(36)13-34-26(37)22-8-9-33-24-7-5-20(12-23(22)24)17-2-3-19-11-21(29)6-4-18(19)10-17/h2-12H,13-14,16H2,1H3,(H,34,37)/t28-/m1/s1. The molecule has 1 aliphatic heterocycles. The molecule has 5 rings (SSSR count). The zero-order chi connectivity index (χ0) is 27.1. The van der Waals surface area contributed by atoms with E-state index in [1.807, 2.05) is 48.5 Å². The Morgan fingerprint density at radius 3 is 2.58 bits per heavy atom. The number of nitrogens with one attached hydrogen (secondary N) is 1. The minimum absolute atomic E-state index is 0.266. The van der Waals surface area contributed by atoms with Crippen molar-refractivity contribution in [2.45, 2.75) is 18.1 Å². The lowest BCUT2D eigenvalue weighted by molar-refractivity contribution is -0.147. The van der Waals surface area contributed by atoms with Crippen LogP contribution in [-0.2, 0) is 9.53 Å². The van der Waals surface area contributed by atoms with Crippen molar-refractivity contribution < 1.29 is 23.1 Å². The third-order valence-electron chi connectivity index (χ3n) is 6.66. The normalized spacial score (nSPS) is 18.4. The van der Waals surface area contributed by atoms with E-state index < -0.39 is 43.0 Å². The Morgan fingerprint density at radius 2 is 1.82 bits per heavy atom. The van der Waals surface area contributed by atoms with Crippen LogP contribution < -0.4 is 5.32 Å². The van der Waals surface area contributed by atoms with Crippen molar-refractivity contribution in [1.29, 1.82) is 5.26 Å². The number of amides is 2. The zero-order valence-electron chi connectivity index (χ0n) is 20.2. The molecule has 0 aliphatic carbocycles. The van der Waals surface area contributed by atoms with Gasteiger partial charge in [0.15, 0.2) is 0 Å². The number of ether oxygens (including phenoxy) is 1. The SMILES string of the molecule is CO[C@@]1(C#N)CC(F)(F)CN1C(=O)CNC(=O)c1ccnc2ccc(-c3ccc4cc(Cl)ccc4c3)cc12. The first-order valence-corrected chi connectivity index (χ1v) is 12.0. The second-order valence-corrected chi connectivity index (χ2v) is 9.53. The third-order valence-corrected chi connectivity index (χ3v) is 6.89. The molecule has 1 saturated heterocycles. The van der Waals surface area contributed by atoms with Crippen molar-refractivity contribution in [3.05, 3.63) is 77.4 Å². The van der Waals surface area contributed by atoms with Crippen molar-refractivity contribution in [1.82, 2.24) is 15.2 Å². The molecule has 0 saturated carbocycles. The van der Waals surface area contributed by atoms with Crippen molar-refractivity contribution >= 4 is 45.1 Å². The van der Waals surface area contributed by atoms with E-state index in [0.29, 0.717) is 20.8 Å². The van der Waals surface area contributed by atoms with Crippen LogP contribution >= 0.6 is 11.6 Å². The molecule has 3 aromatic carbocycles. The quantitative estimate of drug-likeness (QED) is 0.381. The predicted octanol–water partition coefficient (Wildman–Crippen LogP) is 5.17. The highest BCUT2D eigenvalue weighted by atomic mass is 35.5. The molecule has 2 heterocycles. The molecule has 1 aromatic heterocycles. The van der Waals surface area contributed by atoms with Crippen LogP contribution in [0, 0.1) is 11.3 Å². The summed E-state index contributed by atoms with van der Waals surface area (Å²) in [6.07, 6.45) is 0.539. The molecular formula is C28H21ClF2N4O3. The number of hydrogen-bond donors (Lipinski definition) is 1. The van der Waals surface area contributed by atoms with E-state index in [2.05, 4.69) is 10.3 Å². The van der Waals surface area contributed by atoms with Crippen molar-refractivity contribution in [3.63, 3.8) is 0 Å². The molecular weight excluding hydrogens is 514 g/mol. The van der Waals surface area contributed by atoms with Gasteiger partial charge in [0.25, 0.3) is 11.8 Å². The average molecular weight is 535 g/mol. The largest absolute Gasteiger partial charge is 0.346 e. The number of carbonyl (C=O) groups is 2. The number of methoxy groups -OCH3 is 1. The maximum Gasteiger partial charge on any atom is 0.271 e. The van der Waals surface area contributed by atoms with Crippen LogP contribution in [0.5, 0.6) is 0 Å². The highest BCUT2D eigenvalue weighted by Crippen LogP contribution is 2.39. The van der Waals surface area contributed by atoms with Gasteiger partial charge >= 0.3 is 0 Å². The summed E-state index contributed by atoms with van der Waals surface area (Å²) in [5.41, 5.74) is 0.527. The number of alkyl halides is 2. The summed E-state index contributed by atoms with van der Waals surface area (Å²) in [6, 6.07) is 20.3. The topological polar surface area (TPSA) is 95.3 Å². The van der Waals surface area contributed by atoms with Gasteiger partial charge in [-0.05, 0) is 58.3 Å². The van der Waals surface area contributed by atoms with Gasteiger partial charge in [-0.1, -0.05) is 35.9 Å². The van der Waals surface area contributed by atoms with Crippen molar-refractivity contribution in [3.8, 4) is 17.2 Å². The van der Waals surface area contributed by atoms with Crippen LogP contribution in [-0.4, -0.2) is 53.5 Å². The van der Waals surface area contributed by atoms with Crippen LogP contribution in [0.25, 0.3) is 32.8 Å². The number of rotatable bonds is 5. The van der Waals surface area contributed by atoms with Crippen LogP contribution in [0.1, 0.15) is 16.8 Å². The number of nitrogens with zero attached hydrogens (tertiary/aromatic N) is 3. The number of halogens is 3. The molecule has 1 atom stereocenters. The molecule has 0 spiro atoms. The molecule has 7 nitrogen and oxygen atoms in total. The smallest absolute Gasteiger partial charge is 0.271 e. The first-order valence-electron chi connectivity index (χ1n) is 11.7. The Kier molecular flexibility index (Phi) is 6.47. The van der Waals surface area contributed by atoms with Gasteiger partial charge in [-0.2, -0.15) is 5.26 Å². The molecule has 2 amide bonds. The molecule has 10 heteroatoms. The first-order chi connectivity index (χ1) is 18.1. The van der Waals surface area contributed by atoms with Crippen molar-refractivity contribution in [2.75, 3.05) is 20.2 Å². The molecule has 0 bridgehead atoms. The Morgan fingerprint density at radius 1 is 1.11 bits per heavy atom. The van der Waals surface area contributed by atoms with E-state index >= 15 is 0 Å². The number of fused-ring (bicyclic) bond motifs is 2. The van der Waals surface area contributed by atoms with Gasteiger partial charge in [-0.25, -0.2) is 8.78 Å². The lowest BCUT2D eigenvalue weighted by Crippen LogP contribution is -2.51. The summed E-state index contributed by atoms with van der Waals surface area (Å²) in [7, 11) is 1.09. The predicted molar refractivity (Wildman–Crippen MR) is 139 cm³/mol. The maximum absolute atomic E-state index is 14.0. The van der Waals surface area contributed by atoms with Gasteiger partial charge in [-0.15, -0.1) is 0 Å².